The van der Waals surface area contributed by atoms with Crippen LogP contribution in [0, 0.1) is 13.8 Å². The van der Waals surface area contributed by atoms with Crippen molar-refractivity contribution in [2.45, 2.75) is 20.4 Å². The Hall–Kier alpha value is -3.08. The van der Waals surface area contributed by atoms with Gasteiger partial charge in [-0.15, -0.1) is 0 Å². The highest BCUT2D eigenvalue weighted by Crippen LogP contribution is 2.32. The summed E-state index contributed by atoms with van der Waals surface area (Å²) < 4.78 is 5.27. The SMILES string of the molecule is COc1ccccc1CN1C(=O)C(O)=C(c2ccc(C)cc2C)C1=O. The molecule has 1 N–H and O–H groups in total. The lowest BCUT2D eigenvalue weighted by molar-refractivity contribution is -0.138. The molecule has 0 spiro atoms. The van der Waals surface area contributed by atoms with Crippen molar-refractivity contribution < 1.29 is 19.4 Å². The molecule has 2 aromatic rings. The summed E-state index contributed by atoms with van der Waals surface area (Å²) in [5, 5.41) is 10.3. The van der Waals surface area contributed by atoms with Crippen LogP contribution in [0.25, 0.3) is 5.57 Å². The lowest BCUT2D eigenvalue weighted by Crippen LogP contribution is -2.31. The number of aliphatic hydroxyl groups is 1. The lowest BCUT2D eigenvalue weighted by Gasteiger charge is -2.17. The van der Waals surface area contributed by atoms with Gasteiger partial charge in [0, 0.05) is 5.56 Å². The van der Waals surface area contributed by atoms with E-state index in [0.29, 0.717) is 16.9 Å². The number of amides is 2. The number of para-hydroxylation sites is 1. The molecule has 0 saturated carbocycles. The van der Waals surface area contributed by atoms with Gasteiger partial charge in [0.05, 0.1) is 19.2 Å². The first-order chi connectivity index (χ1) is 11.9. The Balaban J connectivity index is 1.97. The maximum absolute atomic E-state index is 12.8. The van der Waals surface area contributed by atoms with Gasteiger partial charge < -0.3 is 9.84 Å². The number of hydrogen-bond acceptors (Lipinski definition) is 4. The Kier molecular flexibility index (Phi) is 4.31. The summed E-state index contributed by atoms with van der Waals surface area (Å²) in [6.45, 7) is 3.84. The third kappa shape index (κ3) is 2.89. The van der Waals surface area contributed by atoms with E-state index in [4.69, 9.17) is 4.74 Å². The van der Waals surface area contributed by atoms with E-state index in [2.05, 4.69) is 0 Å². The van der Waals surface area contributed by atoms with Crippen LogP contribution in [-0.2, 0) is 16.1 Å². The number of carbonyl (C=O) groups is 2. The Morgan fingerprint density at radius 3 is 2.44 bits per heavy atom. The molecule has 0 fully saturated rings. The van der Waals surface area contributed by atoms with Crippen LogP contribution in [0.1, 0.15) is 22.3 Å². The summed E-state index contributed by atoms with van der Waals surface area (Å²) in [6, 6.07) is 12.7. The summed E-state index contributed by atoms with van der Waals surface area (Å²) in [6.07, 6.45) is 0. The van der Waals surface area contributed by atoms with E-state index in [0.717, 1.165) is 16.0 Å². The molecule has 1 aliphatic rings. The van der Waals surface area contributed by atoms with Gasteiger partial charge in [0.25, 0.3) is 11.8 Å². The van der Waals surface area contributed by atoms with Gasteiger partial charge in [-0.2, -0.15) is 0 Å². The minimum absolute atomic E-state index is 0.0418. The molecule has 25 heavy (non-hydrogen) atoms. The smallest absolute Gasteiger partial charge is 0.296 e. The minimum Gasteiger partial charge on any atom is -0.502 e. The molecule has 2 amide bonds. The fraction of sp³-hybridized carbons (Fsp3) is 0.200. The van der Waals surface area contributed by atoms with Crippen LogP contribution in [0.4, 0.5) is 0 Å². The lowest BCUT2D eigenvalue weighted by atomic mass is 9.98. The van der Waals surface area contributed by atoms with E-state index < -0.39 is 17.6 Å². The number of rotatable bonds is 4. The molecule has 1 heterocycles. The Bertz CT molecular complexity index is 898. The summed E-state index contributed by atoms with van der Waals surface area (Å²) in [5.41, 5.74) is 3.20. The van der Waals surface area contributed by atoms with Crippen LogP contribution in [0.3, 0.4) is 0 Å². The molecule has 128 valence electrons. The number of methoxy groups -OCH3 is 1. The van der Waals surface area contributed by atoms with Gasteiger partial charge >= 0.3 is 0 Å². The van der Waals surface area contributed by atoms with Gasteiger partial charge in [-0.25, -0.2) is 0 Å². The predicted molar refractivity (Wildman–Crippen MR) is 94.0 cm³/mol. The Morgan fingerprint density at radius 2 is 1.76 bits per heavy atom. The Labute approximate surface area is 146 Å². The largest absolute Gasteiger partial charge is 0.502 e. The van der Waals surface area contributed by atoms with Crippen LogP contribution in [0.2, 0.25) is 0 Å². The number of aliphatic hydroxyl groups excluding tert-OH is 1. The van der Waals surface area contributed by atoms with Gasteiger partial charge in [-0.05, 0) is 31.0 Å². The molecule has 0 saturated heterocycles. The first-order valence-corrected chi connectivity index (χ1v) is 7.93. The molecule has 0 atom stereocenters. The zero-order valence-electron chi connectivity index (χ0n) is 14.4. The van der Waals surface area contributed by atoms with Crippen LogP contribution in [0.15, 0.2) is 48.2 Å². The van der Waals surface area contributed by atoms with Gasteiger partial charge in [0.15, 0.2) is 5.76 Å². The molecule has 0 aliphatic carbocycles. The molecular formula is C20H19NO4. The van der Waals surface area contributed by atoms with Crippen molar-refractivity contribution in [1.29, 1.82) is 0 Å². The zero-order chi connectivity index (χ0) is 18.1. The van der Waals surface area contributed by atoms with Gasteiger partial charge in [-0.1, -0.05) is 42.0 Å². The van der Waals surface area contributed by atoms with E-state index in [1.807, 2.05) is 32.0 Å². The molecule has 0 radical (unpaired) electrons. The van der Waals surface area contributed by atoms with Crippen molar-refractivity contribution in [3.05, 3.63) is 70.5 Å². The first kappa shape index (κ1) is 16.8. The van der Waals surface area contributed by atoms with Crippen molar-refractivity contribution in [2.24, 2.45) is 0 Å². The molecule has 0 bridgehead atoms. The van der Waals surface area contributed by atoms with E-state index in [9.17, 15) is 14.7 Å². The summed E-state index contributed by atoms with van der Waals surface area (Å²) >= 11 is 0. The zero-order valence-corrected chi connectivity index (χ0v) is 14.4. The van der Waals surface area contributed by atoms with Crippen molar-refractivity contribution in [3.63, 3.8) is 0 Å². The van der Waals surface area contributed by atoms with E-state index >= 15 is 0 Å². The summed E-state index contributed by atoms with van der Waals surface area (Å²) in [5.74, 6) is -1.11. The molecule has 5 nitrogen and oxygen atoms in total. The summed E-state index contributed by atoms with van der Waals surface area (Å²) in [4.78, 5) is 26.3. The number of aryl methyl sites for hydroxylation is 2. The molecule has 1 aliphatic heterocycles. The number of imide groups is 1. The maximum atomic E-state index is 12.8. The minimum atomic E-state index is -0.689. The van der Waals surface area contributed by atoms with Crippen LogP contribution in [-0.4, -0.2) is 28.9 Å². The second-order valence-electron chi connectivity index (χ2n) is 6.05. The topological polar surface area (TPSA) is 66.8 Å². The normalized spacial score (nSPS) is 14.4. The average Bonchev–Trinajstić information content (AvgIpc) is 2.80. The highest BCUT2D eigenvalue weighted by atomic mass is 16.5. The van der Waals surface area contributed by atoms with Crippen molar-refractivity contribution in [3.8, 4) is 5.75 Å². The maximum Gasteiger partial charge on any atom is 0.296 e. The van der Waals surface area contributed by atoms with Gasteiger partial charge in [0.2, 0.25) is 0 Å². The molecular weight excluding hydrogens is 318 g/mol. The third-order valence-corrected chi connectivity index (χ3v) is 4.32. The molecule has 3 rings (SSSR count). The van der Waals surface area contributed by atoms with E-state index in [1.165, 1.54) is 7.11 Å². The first-order valence-electron chi connectivity index (χ1n) is 7.93. The van der Waals surface area contributed by atoms with Crippen LogP contribution in [0.5, 0.6) is 5.75 Å². The van der Waals surface area contributed by atoms with Gasteiger partial charge in [0.1, 0.15) is 5.75 Å². The highest BCUT2D eigenvalue weighted by Gasteiger charge is 2.39. The fourth-order valence-corrected chi connectivity index (χ4v) is 3.05. The Morgan fingerprint density at radius 1 is 1.04 bits per heavy atom. The fourth-order valence-electron chi connectivity index (χ4n) is 3.05. The number of hydrogen-bond donors (Lipinski definition) is 1. The highest BCUT2D eigenvalue weighted by molar-refractivity contribution is 6.35. The average molecular weight is 337 g/mol. The quantitative estimate of drug-likeness (QED) is 0.871. The molecule has 0 aromatic heterocycles. The molecule has 5 heteroatoms. The number of benzene rings is 2. The second kappa shape index (κ2) is 6.43. The molecule has 2 aromatic carbocycles. The van der Waals surface area contributed by atoms with Crippen molar-refractivity contribution in [1.82, 2.24) is 4.90 Å². The number of ether oxygens (including phenoxy) is 1. The predicted octanol–water partition coefficient (Wildman–Crippen LogP) is 3.15. The summed E-state index contributed by atoms with van der Waals surface area (Å²) in [7, 11) is 1.53. The monoisotopic (exact) mass is 337 g/mol. The van der Waals surface area contributed by atoms with E-state index in [1.54, 1.807) is 24.3 Å². The standard InChI is InChI=1S/C20H19NO4/c1-12-8-9-15(13(2)10-12)17-18(22)20(24)21(19(17)23)11-14-6-4-5-7-16(14)25-3/h4-10,22H,11H2,1-3H3. The van der Waals surface area contributed by atoms with Crippen molar-refractivity contribution >= 4 is 17.4 Å². The van der Waals surface area contributed by atoms with Gasteiger partial charge in [-0.3, -0.25) is 14.5 Å². The third-order valence-electron chi connectivity index (χ3n) is 4.32. The van der Waals surface area contributed by atoms with Crippen molar-refractivity contribution in [2.75, 3.05) is 7.11 Å². The van der Waals surface area contributed by atoms with Crippen LogP contribution < -0.4 is 4.74 Å². The van der Waals surface area contributed by atoms with E-state index in [-0.39, 0.29) is 12.1 Å². The number of nitrogens with zero attached hydrogens (tertiary/aromatic N) is 1. The molecule has 0 unspecified atom stereocenters. The number of carbonyl (C=O) groups excluding carboxylic acids is 2. The second-order valence-corrected chi connectivity index (χ2v) is 6.05. The van der Waals surface area contributed by atoms with Crippen LogP contribution >= 0.6 is 0 Å².